The predicted molar refractivity (Wildman–Crippen MR) is 108 cm³/mol. The van der Waals surface area contributed by atoms with Crippen LogP contribution in [0.1, 0.15) is 28.4 Å². The summed E-state index contributed by atoms with van der Waals surface area (Å²) in [5.41, 5.74) is 0.245. The molecule has 0 aliphatic heterocycles. The number of nitro groups is 1. The first-order chi connectivity index (χ1) is 13.3. The van der Waals surface area contributed by atoms with E-state index in [9.17, 15) is 14.9 Å². The summed E-state index contributed by atoms with van der Waals surface area (Å²) >= 11 is 12.3. The maximum Gasteiger partial charge on any atom is 0.339 e. The van der Waals surface area contributed by atoms with E-state index >= 15 is 0 Å². The minimum absolute atomic E-state index is 0.107. The minimum atomic E-state index is -1.17. The van der Waals surface area contributed by atoms with Crippen molar-refractivity contribution in [2.45, 2.75) is 12.5 Å². The number of nitrogens with zero attached hydrogens (tertiary/aromatic N) is 1. The Bertz CT molecular complexity index is 1000. The number of hydrogen-bond donors (Lipinski definition) is 0. The second-order valence-corrected chi connectivity index (χ2v) is 7.12. The van der Waals surface area contributed by atoms with Crippen LogP contribution in [-0.2, 0) is 10.3 Å². The lowest BCUT2D eigenvalue weighted by molar-refractivity contribution is -0.384. The lowest BCUT2D eigenvalue weighted by Gasteiger charge is -2.31. The van der Waals surface area contributed by atoms with Crippen molar-refractivity contribution in [3.8, 4) is 0 Å². The molecule has 0 fully saturated rings. The SMILES string of the molecule is CC(OC(=O)c1ccc([N+](=O)[O-])cc1)(c1ccccc1)c1cc(Cl)cc(Cl)c1. The second-order valence-electron chi connectivity index (χ2n) is 6.25. The van der Waals surface area contributed by atoms with Gasteiger partial charge in [0.05, 0.1) is 10.5 Å². The molecule has 142 valence electrons. The first-order valence-corrected chi connectivity index (χ1v) is 9.05. The number of benzene rings is 3. The fraction of sp³-hybridized carbons (Fsp3) is 0.0952. The molecule has 0 bridgehead atoms. The van der Waals surface area contributed by atoms with Crippen LogP contribution in [0.15, 0.2) is 72.8 Å². The van der Waals surface area contributed by atoms with Gasteiger partial charge in [0.15, 0.2) is 5.60 Å². The zero-order valence-electron chi connectivity index (χ0n) is 14.8. The summed E-state index contributed by atoms with van der Waals surface area (Å²) in [4.78, 5) is 23.1. The molecule has 0 aliphatic rings. The van der Waals surface area contributed by atoms with Crippen molar-refractivity contribution in [3.05, 3.63) is 110 Å². The van der Waals surface area contributed by atoms with Crippen LogP contribution in [0.5, 0.6) is 0 Å². The third-order valence-electron chi connectivity index (χ3n) is 4.35. The maximum absolute atomic E-state index is 12.8. The molecule has 0 amide bonds. The molecule has 7 heteroatoms. The van der Waals surface area contributed by atoms with Gasteiger partial charge in [0.1, 0.15) is 0 Å². The lowest BCUT2D eigenvalue weighted by Crippen LogP contribution is -2.30. The Morgan fingerprint density at radius 2 is 1.50 bits per heavy atom. The van der Waals surface area contributed by atoms with Gasteiger partial charge in [-0.2, -0.15) is 0 Å². The van der Waals surface area contributed by atoms with Crippen molar-refractivity contribution in [2.75, 3.05) is 0 Å². The topological polar surface area (TPSA) is 69.4 Å². The van der Waals surface area contributed by atoms with E-state index in [2.05, 4.69) is 0 Å². The Hall–Kier alpha value is -2.89. The summed E-state index contributed by atoms with van der Waals surface area (Å²) < 4.78 is 5.88. The Morgan fingerprint density at radius 3 is 2.04 bits per heavy atom. The number of rotatable bonds is 5. The second kappa shape index (κ2) is 8.00. The van der Waals surface area contributed by atoms with Gasteiger partial charge in [0.2, 0.25) is 0 Å². The molecule has 0 heterocycles. The molecule has 3 rings (SSSR count). The van der Waals surface area contributed by atoms with Crippen molar-refractivity contribution < 1.29 is 14.5 Å². The molecule has 0 spiro atoms. The highest BCUT2D eigenvalue weighted by atomic mass is 35.5. The average Bonchev–Trinajstić information content (AvgIpc) is 2.68. The first kappa shape index (κ1) is 19.9. The Labute approximate surface area is 171 Å². The normalized spacial score (nSPS) is 12.8. The van der Waals surface area contributed by atoms with Gasteiger partial charge in [-0.25, -0.2) is 4.79 Å². The van der Waals surface area contributed by atoms with Gasteiger partial charge in [0, 0.05) is 27.7 Å². The predicted octanol–water partition coefficient (Wildman–Crippen LogP) is 6.02. The summed E-state index contributed by atoms with van der Waals surface area (Å²) in [6.45, 7) is 1.74. The van der Waals surface area contributed by atoms with E-state index in [1.54, 1.807) is 25.1 Å². The van der Waals surface area contributed by atoms with Gasteiger partial charge in [-0.1, -0.05) is 53.5 Å². The Balaban J connectivity index is 2.02. The van der Waals surface area contributed by atoms with Crippen molar-refractivity contribution in [3.63, 3.8) is 0 Å². The van der Waals surface area contributed by atoms with E-state index < -0.39 is 16.5 Å². The lowest BCUT2D eigenvalue weighted by atomic mass is 9.88. The summed E-state index contributed by atoms with van der Waals surface area (Å²) in [6, 6.07) is 19.4. The van der Waals surface area contributed by atoms with Crippen LogP contribution in [0.3, 0.4) is 0 Å². The van der Waals surface area contributed by atoms with Crippen LogP contribution >= 0.6 is 23.2 Å². The Kier molecular flexibility index (Phi) is 5.68. The highest BCUT2D eigenvalue weighted by Gasteiger charge is 2.34. The molecule has 1 unspecified atom stereocenters. The van der Waals surface area contributed by atoms with Crippen LogP contribution < -0.4 is 0 Å². The Morgan fingerprint density at radius 1 is 0.929 bits per heavy atom. The largest absolute Gasteiger partial charge is 0.446 e. The number of esters is 1. The van der Waals surface area contributed by atoms with E-state index in [1.165, 1.54) is 24.3 Å². The van der Waals surface area contributed by atoms with Gasteiger partial charge in [-0.3, -0.25) is 10.1 Å². The van der Waals surface area contributed by atoms with Crippen molar-refractivity contribution in [1.29, 1.82) is 0 Å². The molecule has 1 atom stereocenters. The molecule has 0 aromatic heterocycles. The van der Waals surface area contributed by atoms with Crippen molar-refractivity contribution >= 4 is 34.9 Å². The molecule has 28 heavy (non-hydrogen) atoms. The number of ether oxygens (including phenoxy) is 1. The smallest absolute Gasteiger partial charge is 0.339 e. The summed E-state index contributed by atoms with van der Waals surface area (Å²) in [5, 5.41) is 11.6. The zero-order valence-corrected chi connectivity index (χ0v) is 16.3. The van der Waals surface area contributed by atoms with Crippen LogP contribution in [-0.4, -0.2) is 10.9 Å². The van der Waals surface area contributed by atoms with E-state index in [0.29, 0.717) is 15.6 Å². The van der Waals surface area contributed by atoms with E-state index in [4.69, 9.17) is 27.9 Å². The van der Waals surface area contributed by atoms with Crippen molar-refractivity contribution in [1.82, 2.24) is 0 Å². The molecule has 0 N–H and O–H groups in total. The quantitative estimate of drug-likeness (QED) is 0.290. The summed E-state index contributed by atoms with van der Waals surface area (Å²) in [7, 11) is 0. The van der Waals surface area contributed by atoms with Gasteiger partial charge in [-0.05, 0) is 42.8 Å². The minimum Gasteiger partial charge on any atom is -0.446 e. The maximum atomic E-state index is 12.8. The molecule has 5 nitrogen and oxygen atoms in total. The van der Waals surface area contributed by atoms with Crippen LogP contribution in [0.2, 0.25) is 10.0 Å². The third-order valence-corrected chi connectivity index (χ3v) is 4.79. The van der Waals surface area contributed by atoms with E-state index in [1.807, 2.05) is 30.3 Å². The average molecular weight is 416 g/mol. The van der Waals surface area contributed by atoms with Crippen LogP contribution in [0, 0.1) is 10.1 Å². The molecule has 0 radical (unpaired) electrons. The molecular formula is C21H15Cl2NO4. The molecule has 0 saturated heterocycles. The summed E-state index contributed by atoms with van der Waals surface area (Å²) in [6.07, 6.45) is 0. The number of carbonyl (C=O) groups is 1. The van der Waals surface area contributed by atoms with Crippen LogP contribution in [0.4, 0.5) is 5.69 Å². The third kappa shape index (κ3) is 4.16. The van der Waals surface area contributed by atoms with Crippen LogP contribution in [0.25, 0.3) is 0 Å². The number of hydrogen-bond acceptors (Lipinski definition) is 4. The molecular weight excluding hydrogens is 401 g/mol. The molecule has 0 aliphatic carbocycles. The first-order valence-electron chi connectivity index (χ1n) is 8.29. The van der Waals surface area contributed by atoms with Gasteiger partial charge < -0.3 is 4.74 Å². The number of carbonyl (C=O) groups excluding carboxylic acids is 1. The monoisotopic (exact) mass is 415 g/mol. The standard InChI is InChI=1S/C21H15Cl2NO4/c1-21(15-5-3-2-4-6-15,16-11-17(22)13-18(23)12-16)28-20(25)14-7-9-19(10-8-14)24(26)27/h2-13H,1H3. The van der Waals surface area contributed by atoms with Gasteiger partial charge in [0.25, 0.3) is 5.69 Å². The number of nitro benzene ring substituents is 1. The van der Waals surface area contributed by atoms with E-state index in [-0.39, 0.29) is 11.3 Å². The molecule has 3 aromatic carbocycles. The fourth-order valence-corrected chi connectivity index (χ4v) is 3.36. The highest BCUT2D eigenvalue weighted by Crippen LogP contribution is 2.37. The zero-order chi connectivity index (χ0) is 20.3. The number of non-ortho nitro benzene ring substituents is 1. The van der Waals surface area contributed by atoms with Gasteiger partial charge in [-0.15, -0.1) is 0 Å². The highest BCUT2D eigenvalue weighted by molar-refractivity contribution is 6.34. The summed E-state index contributed by atoms with van der Waals surface area (Å²) in [5.74, 6) is -0.627. The van der Waals surface area contributed by atoms with E-state index in [0.717, 1.165) is 5.56 Å². The van der Waals surface area contributed by atoms with Crippen molar-refractivity contribution in [2.24, 2.45) is 0 Å². The van der Waals surface area contributed by atoms with Gasteiger partial charge >= 0.3 is 5.97 Å². The fourth-order valence-electron chi connectivity index (χ4n) is 2.83. The molecule has 0 saturated carbocycles. The molecule has 3 aromatic rings. The number of halogens is 2.